The largest absolute Gasteiger partial charge is 0.353 e. The van der Waals surface area contributed by atoms with Gasteiger partial charge in [0.1, 0.15) is 0 Å². The Hall–Kier alpha value is -1.36. The molecule has 4 nitrogen and oxygen atoms in total. The van der Waals surface area contributed by atoms with Crippen molar-refractivity contribution in [3.63, 3.8) is 0 Å². The maximum absolute atomic E-state index is 11.8. The standard InChI is InChI=1S/C15H22N2O2S/c1-11-6-7-12(10-11)17-14(18)5-2-8-16-15(19)13-4-3-9-20-13/h3-4,9,11-12H,2,5-8,10H2,1H3,(H,16,19)(H,17,18). The van der Waals surface area contributed by atoms with Gasteiger partial charge >= 0.3 is 0 Å². The van der Waals surface area contributed by atoms with Crippen LogP contribution in [0.3, 0.4) is 0 Å². The molecule has 0 aromatic carbocycles. The van der Waals surface area contributed by atoms with Gasteiger partial charge in [-0.1, -0.05) is 13.0 Å². The number of hydrogen-bond acceptors (Lipinski definition) is 3. The molecule has 1 aromatic rings. The van der Waals surface area contributed by atoms with E-state index in [1.165, 1.54) is 17.8 Å². The monoisotopic (exact) mass is 294 g/mol. The molecule has 2 rings (SSSR count). The summed E-state index contributed by atoms with van der Waals surface area (Å²) in [5.74, 6) is 0.782. The first-order valence-electron chi connectivity index (χ1n) is 7.26. The minimum atomic E-state index is -0.0509. The van der Waals surface area contributed by atoms with Gasteiger partial charge in [-0.2, -0.15) is 0 Å². The van der Waals surface area contributed by atoms with Gasteiger partial charge in [-0.3, -0.25) is 9.59 Å². The molecule has 1 aliphatic rings. The summed E-state index contributed by atoms with van der Waals surface area (Å²) in [5, 5.41) is 7.79. The zero-order chi connectivity index (χ0) is 14.4. The van der Waals surface area contributed by atoms with E-state index in [-0.39, 0.29) is 11.8 Å². The third kappa shape index (κ3) is 4.63. The maximum atomic E-state index is 11.8. The van der Waals surface area contributed by atoms with Crippen LogP contribution in [0.4, 0.5) is 0 Å². The van der Waals surface area contributed by atoms with Crippen LogP contribution in [0, 0.1) is 5.92 Å². The van der Waals surface area contributed by atoms with Crippen LogP contribution in [0.25, 0.3) is 0 Å². The van der Waals surface area contributed by atoms with Crippen molar-refractivity contribution in [3.05, 3.63) is 22.4 Å². The van der Waals surface area contributed by atoms with Gasteiger partial charge in [0, 0.05) is 19.0 Å². The molecule has 110 valence electrons. The number of carbonyl (C=O) groups is 2. The number of thiophene rings is 1. The van der Waals surface area contributed by atoms with Crippen molar-refractivity contribution in [2.45, 2.75) is 45.1 Å². The van der Waals surface area contributed by atoms with Crippen molar-refractivity contribution >= 4 is 23.2 Å². The molecule has 1 fully saturated rings. The summed E-state index contributed by atoms with van der Waals surface area (Å²) in [4.78, 5) is 24.1. The zero-order valence-electron chi connectivity index (χ0n) is 11.9. The van der Waals surface area contributed by atoms with Crippen LogP contribution in [0.5, 0.6) is 0 Å². The Morgan fingerprint density at radius 3 is 2.90 bits per heavy atom. The van der Waals surface area contributed by atoms with E-state index in [9.17, 15) is 9.59 Å². The summed E-state index contributed by atoms with van der Waals surface area (Å²) in [5.41, 5.74) is 0. The normalized spacial score (nSPS) is 21.6. The fraction of sp³-hybridized carbons (Fsp3) is 0.600. The molecular weight excluding hydrogens is 272 g/mol. The smallest absolute Gasteiger partial charge is 0.261 e. The first-order chi connectivity index (χ1) is 9.65. The molecule has 1 saturated carbocycles. The van der Waals surface area contributed by atoms with Crippen molar-refractivity contribution in [1.29, 1.82) is 0 Å². The van der Waals surface area contributed by atoms with Gasteiger partial charge in [-0.25, -0.2) is 0 Å². The molecule has 2 N–H and O–H groups in total. The molecule has 20 heavy (non-hydrogen) atoms. The average Bonchev–Trinajstić information content (AvgIpc) is 3.06. The Balaban J connectivity index is 1.56. The van der Waals surface area contributed by atoms with Crippen LogP contribution in [0.2, 0.25) is 0 Å². The van der Waals surface area contributed by atoms with Gasteiger partial charge in [0.05, 0.1) is 4.88 Å². The van der Waals surface area contributed by atoms with E-state index in [0.29, 0.717) is 25.4 Å². The van der Waals surface area contributed by atoms with E-state index in [1.54, 1.807) is 6.07 Å². The topological polar surface area (TPSA) is 58.2 Å². The lowest BCUT2D eigenvalue weighted by molar-refractivity contribution is -0.121. The van der Waals surface area contributed by atoms with Crippen LogP contribution < -0.4 is 10.6 Å². The highest BCUT2D eigenvalue weighted by atomic mass is 32.1. The molecule has 0 radical (unpaired) electrons. The van der Waals surface area contributed by atoms with E-state index in [4.69, 9.17) is 0 Å². The van der Waals surface area contributed by atoms with Gasteiger partial charge < -0.3 is 10.6 Å². The molecule has 2 amide bonds. The number of nitrogens with one attached hydrogen (secondary N) is 2. The fourth-order valence-corrected chi connectivity index (χ4v) is 3.22. The molecule has 1 heterocycles. The van der Waals surface area contributed by atoms with E-state index in [2.05, 4.69) is 17.6 Å². The Morgan fingerprint density at radius 1 is 1.40 bits per heavy atom. The molecule has 0 spiro atoms. The highest BCUT2D eigenvalue weighted by molar-refractivity contribution is 7.12. The Kier molecular flexibility index (Phi) is 5.59. The average molecular weight is 294 g/mol. The number of carbonyl (C=O) groups excluding carboxylic acids is 2. The summed E-state index contributed by atoms with van der Waals surface area (Å²) >= 11 is 1.43. The van der Waals surface area contributed by atoms with E-state index < -0.39 is 0 Å². The summed E-state index contributed by atoms with van der Waals surface area (Å²) in [7, 11) is 0. The van der Waals surface area contributed by atoms with Crippen LogP contribution >= 0.6 is 11.3 Å². The first-order valence-corrected chi connectivity index (χ1v) is 8.14. The van der Waals surface area contributed by atoms with E-state index >= 15 is 0 Å². The van der Waals surface area contributed by atoms with Gasteiger partial charge in [-0.15, -0.1) is 11.3 Å². The molecule has 0 aliphatic heterocycles. The SMILES string of the molecule is CC1CCC(NC(=O)CCCNC(=O)c2cccs2)C1. The van der Waals surface area contributed by atoms with Crippen LogP contribution in [-0.2, 0) is 4.79 Å². The number of rotatable bonds is 6. The lowest BCUT2D eigenvalue weighted by atomic mass is 10.1. The quantitative estimate of drug-likeness (QED) is 0.792. The Morgan fingerprint density at radius 2 is 2.25 bits per heavy atom. The molecule has 1 aromatic heterocycles. The zero-order valence-corrected chi connectivity index (χ0v) is 12.7. The fourth-order valence-electron chi connectivity index (χ4n) is 2.58. The van der Waals surface area contributed by atoms with Crippen LogP contribution in [-0.4, -0.2) is 24.4 Å². The predicted molar refractivity (Wildman–Crippen MR) is 80.8 cm³/mol. The van der Waals surface area contributed by atoms with Crippen molar-refractivity contribution < 1.29 is 9.59 Å². The third-order valence-electron chi connectivity index (χ3n) is 3.67. The minimum Gasteiger partial charge on any atom is -0.353 e. The highest BCUT2D eigenvalue weighted by Crippen LogP contribution is 2.24. The molecule has 0 saturated heterocycles. The van der Waals surface area contributed by atoms with Gasteiger partial charge in [0.2, 0.25) is 5.91 Å². The summed E-state index contributed by atoms with van der Waals surface area (Å²) in [6, 6.07) is 4.02. The molecule has 5 heteroatoms. The maximum Gasteiger partial charge on any atom is 0.261 e. The minimum absolute atomic E-state index is 0.0509. The van der Waals surface area contributed by atoms with Gasteiger partial charge in [0.15, 0.2) is 0 Å². The van der Waals surface area contributed by atoms with E-state index in [0.717, 1.165) is 23.6 Å². The van der Waals surface area contributed by atoms with Crippen LogP contribution in [0.1, 0.15) is 48.7 Å². The van der Waals surface area contributed by atoms with E-state index in [1.807, 2.05) is 11.4 Å². The Labute approximate surface area is 124 Å². The highest BCUT2D eigenvalue weighted by Gasteiger charge is 2.22. The van der Waals surface area contributed by atoms with Crippen LogP contribution in [0.15, 0.2) is 17.5 Å². The molecule has 2 atom stereocenters. The molecule has 0 bridgehead atoms. The Bertz CT molecular complexity index is 445. The van der Waals surface area contributed by atoms with Crippen molar-refractivity contribution in [3.8, 4) is 0 Å². The summed E-state index contributed by atoms with van der Waals surface area (Å²) in [6.45, 7) is 2.78. The first kappa shape index (κ1) is 15.0. The lowest BCUT2D eigenvalue weighted by Crippen LogP contribution is -2.33. The molecule has 1 aliphatic carbocycles. The second kappa shape index (κ2) is 7.43. The second-order valence-corrected chi connectivity index (χ2v) is 6.47. The van der Waals surface area contributed by atoms with Gasteiger partial charge in [-0.05, 0) is 43.0 Å². The second-order valence-electron chi connectivity index (χ2n) is 5.52. The lowest BCUT2D eigenvalue weighted by Gasteiger charge is -2.12. The third-order valence-corrected chi connectivity index (χ3v) is 4.54. The van der Waals surface area contributed by atoms with Crippen molar-refractivity contribution in [2.24, 2.45) is 5.92 Å². The number of amides is 2. The van der Waals surface area contributed by atoms with Crippen molar-refractivity contribution in [2.75, 3.05) is 6.54 Å². The molecule has 2 unspecified atom stereocenters. The summed E-state index contributed by atoms with van der Waals surface area (Å²) < 4.78 is 0. The molecular formula is C15H22N2O2S. The summed E-state index contributed by atoms with van der Waals surface area (Å²) in [6.07, 6.45) is 4.57. The van der Waals surface area contributed by atoms with Gasteiger partial charge in [0.25, 0.3) is 5.91 Å². The number of hydrogen-bond donors (Lipinski definition) is 2. The predicted octanol–water partition coefficient (Wildman–Crippen LogP) is 2.56. The van der Waals surface area contributed by atoms with Crippen molar-refractivity contribution in [1.82, 2.24) is 10.6 Å².